The van der Waals surface area contributed by atoms with Crippen LogP contribution >= 0.6 is 0 Å². The van der Waals surface area contributed by atoms with Crippen LogP contribution in [0.4, 0.5) is 0 Å². The molecule has 1 amide bonds. The molecule has 21 heavy (non-hydrogen) atoms. The molecule has 5 nitrogen and oxygen atoms in total. The molecule has 1 aliphatic rings. The number of carbonyl (C=O) groups excluding carboxylic acids is 1. The molecule has 0 aromatic carbocycles. The molecule has 0 bridgehead atoms. The van der Waals surface area contributed by atoms with Crippen LogP contribution in [-0.4, -0.2) is 39.5 Å². The van der Waals surface area contributed by atoms with Crippen LogP contribution in [0.1, 0.15) is 37.7 Å². The topological polar surface area (TPSA) is 70.5 Å². The van der Waals surface area contributed by atoms with Gasteiger partial charge in [0.25, 0.3) is 0 Å². The summed E-state index contributed by atoms with van der Waals surface area (Å²) in [6.07, 6.45) is 10.3. The first-order valence-corrected chi connectivity index (χ1v) is 7.27. The van der Waals surface area contributed by atoms with E-state index in [0.717, 1.165) is 24.8 Å². The van der Waals surface area contributed by atoms with E-state index in [0.29, 0.717) is 13.0 Å². The Morgan fingerprint density at radius 3 is 3.00 bits per heavy atom. The van der Waals surface area contributed by atoms with Gasteiger partial charge in [0.15, 0.2) is 0 Å². The summed E-state index contributed by atoms with van der Waals surface area (Å²) in [5.41, 5.74) is 0.880. The van der Waals surface area contributed by atoms with Crippen LogP contribution in [0.2, 0.25) is 0 Å². The largest absolute Gasteiger partial charge is 0.481 e. The van der Waals surface area contributed by atoms with Crippen LogP contribution in [0.3, 0.4) is 0 Å². The average molecular weight is 288 g/mol. The van der Waals surface area contributed by atoms with Crippen LogP contribution in [-0.2, 0) is 9.59 Å². The Bertz CT molecular complexity index is 514. The van der Waals surface area contributed by atoms with Crippen LogP contribution in [0.5, 0.6) is 0 Å². The monoisotopic (exact) mass is 288 g/mol. The van der Waals surface area contributed by atoms with E-state index in [2.05, 4.69) is 4.98 Å². The maximum absolute atomic E-state index is 12.3. The molecule has 1 aromatic rings. The van der Waals surface area contributed by atoms with Crippen molar-refractivity contribution in [2.75, 3.05) is 6.54 Å². The zero-order valence-corrected chi connectivity index (χ0v) is 11.9. The van der Waals surface area contributed by atoms with Crippen molar-refractivity contribution >= 4 is 18.0 Å². The van der Waals surface area contributed by atoms with Gasteiger partial charge in [-0.3, -0.25) is 14.6 Å². The molecule has 1 fully saturated rings. The molecule has 1 saturated heterocycles. The zero-order valence-electron chi connectivity index (χ0n) is 11.9. The highest BCUT2D eigenvalue weighted by Crippen LogP contribution is 2.21. The lowest BCUT2D eigenvalue weighted by Gasteiger charge is -2.35. The van der Waals surface area contributed by atoms with Gasteiger partial charge in [-0.25, -0.2) is 0 Å². The SMILES string of the molecule is O=C(O)CC[C@@H]1CCCCN1C(=O)/C=C/c1cccnc1. The van der Waals surface area contributed by atoms with Gasteiger partial charge >= 0.3 is 5.97 Å². The molecule has 0 radical (unpaired) electrons. The lowest BCUT2D eigenvalue weighted by Crippen LogP contribution is -2.43. The van der Waals surface area contributed by atoms with Crippen molar-refractivity contribution in [2.24, 2.45) is 0 Å². The average Bonchev–Trinajstić information content (AvgIpc) is 2.52. The first-order valence-electron chi connectivity index (χ1n) is 7.27. The second-order valence-corrected chi connectivity index (χ2v) is 5.23. The summed E-state index contributed by atoms with van der Waals surface area (Å²) in [4.78, 5) is 28.8. The number of carboxylic acids is 1. The summed E-state index contributed by atoms with van der Waals surface area (Å²) < 4.78 is 0. The fourth-order valence-electron chi connectivity index (χ4n) is 2.62. The Kier molecular flexibility index (Phi) is 5.49. The number of carboxylic acid groups (broad SMARTS) is 1. The summed E-state index contributed by atoms with van der Waals surface area (Å²) in [5.74, 6) is -0.854. The van der Waals surface area contributed by atoms with E-state index in [9.17, 15) is 9.59 Å². The molecule has 0 saturated carbocycles. The van der Waals surface area contributed by atoms with Gasteiger partial charge in [0.05, 0.1) is 0 Å². The fraction of sp³-hybridized carbons (Fsp3) is 0.438. The van der Waals surface area contributed by atoms with Gasteiger partial charge in [0.1, 0.15) is 0 Å². The molecular formula is C16H20N2O3. The van der Waals surface area contributed by atoms with Crippen molar-refractivity contribution in [3.05, 3.63) is 36.2 Å². The van der Waals surface area contributed by atoms with E-state index in [1.54, 1.807) is 29.4 Å². The maximum Gasteiger partial charge on any atom is 0.303 e. The van der Waals surface area contributed by atoms with Crippen molar-refractivity contribution in [2.45, 2.75) is 38.1 Å². The number of hydrogen-bond donors (Lipinski definition) is 1. The fourth-order valence-corrected chi connectivity index (χ4v) is 2.62. The molecule has 1 N–H and O–H groups in total. The van der Waals surface area contributed by atoms with E-state index in [1.165, 1.54) is 0 Å². The molecule has 1 atom stereocenters. The Hall–Kier alpha value is -2.17. The number of hydrogen-bond acceptors (Lipinski definition) is 3. The molecule has 112 valence electrons. The van der Waals surface area contributed by atoms with Gasteiger partial charge in [0.2, 0.25) is 5.91 Å². The summed E-state index contributed by atoms with van der Waals surface area (Å²) in [7, 11) is 0. The molecule has 0 aliphatic carbocycles. The highest BCUT2D eigenvalue weighted by Gasteiger charge is 2.25. The van der Waals surface area contributed by atoms with Crippen LogP contribution < -0.4 is 0 Å². The Morgan fingerprint density at radius 1 is 1.43 bits per heavy atom. The quantitative estimate of drug-likeness (QED) is 0.844. The Morgan fingerprint density at radius 2 is 2.29 bits per heavy atom. The minimum atomic E-state index is -0.807. The Labute approximate surface area is 124 Å². The number of pyridine rings is 1. The third-order valence-corrected chi connectivity index (χ3v) is 3.70. The third kappa shape index (κ3) is 4.70. The van der Waals surface area contributed by atoms with E-state index in [4.69, 9.17) is 5.11 Å². The predicted octanol–water partition coefficient (Wildman–Crippen LogP) is 2.34. The first kappa shape index (κ1) is 15.2. The molecular weight excluding hydrogens is 268 g/mol. The number of aromatic nitrogens is 1. The minimum Gasteiger partial charge on any atom is -0.481 e. The molecule has 5 heteroatoms. The van der Waals surface area contributed by atoms with Crippen molar-refractivity contribution in [1.82, 2.24) is 9.88 Å². The Balaban J connectivity index is 1.98. The molecule has 0 spiro atoms. The van der Waals surface area contributed by atoms with Crippen molar-refractivity contribution < 1.29 is 14.7 Å². The normalized spacial score (nSPS) is 18.9. The molecule has 2 rings (SSSR count). The van der Waals surface area contributed by atoms with Gasteiger partial charge in [-0.15, -0.1) is 0 Å². The van der Waals surface area contributed by atoms with E-state index in [1.807, 2.05) is 12.1 Å². The number of amides is 1. The van der Waals surface area contributed by atoms with Gasteiger partial charge in [-0.05, 0) is 43.4 Å². The first-order chi connectivity index (χ1) is 10.2. The van der Waals surface area contributed by atoms with Gasteiger partial charge < -0.3 is 10.0 Å². The van der Waals surface area contributed by atoms with Crippen LogP contribution in [0.25, 0.3) is 6.08 Å². The number of carbonyl (C=O) groups is 2. The second-order valence-electron chi connectivity index (χ2n) is 5.23. The summed E-state index contributed by atoms with van der Waals surface area (Å²) in [6.45, 7) is 0.709. The molecule has 2 heterocycles. The van der Waals surface area contributed by atoms with E-state index >= 15 is 0 Å². The minimum absolute atomic E-state index is 0.0425. The summed E-state index contributed by atoms with van der Waals surface area (Å²) in [5, 5.41) is 8.80. The number of nitrogens with zero attached hydrogens (tertiary/aromatic N) is 2. The van der Waals surface area contributed by atoms with Crippen molar-refractivity contribution in [3.8, 4) is 0 Å². The van der Waals surface area contributed by atoms with Crippen LogP contribution in [0, 0.1) is 0 Å². The molecule has 0 unspecified atom stereocenters. The third-order valence-electron chi connectivity index (χ3n) is 3.70. The summed E-state index contributed by atoms with van der Waals surface area (Å²) >= 11 is 0. The zero-order chi connectivity index (χ0) is 15.1. The molecule has 1 aromatic heterocycles. The maximum atomic E-state index is 12.3. The van der Waals surface area contributed by atoms with E-state index in [-0.39, 0.29) is 18.4 Å². The number of aliphatic carboxylic acids is 1. The smallest absolute Gasteiger partial charge is 0.303 e. The highest BCUT2D eigenvalue weighted by molar-refractivity contribution is 5.92. The van der Waals surface area contributed by atoms with Crippen LogP contribution in [0.15, 0.2) is 30.6 Å². The van der Waals surface area contributed by atoms with Gasteiger partial charge in [-0.1, -0.05) is 6.07 Å². The lowest BCUT2D eigenvalue weighted by molar-refractivity contribution is -0.138. The second kappa shape index (κ2) is 7.57. The van der Waals surface area contributed by atoms with Crippen molar-refractivity contribution in [3.63, 3.8) is 0 Å². The highest BCUT2D eigenvalue weighted by atomic mass is 16.4. The number of likely N-dealkylation sites (tertiary alicyclic amines) is 1. The number of piperidine rings is 1. The van der Waals surface area contributed by atoms with Gasteiger partial charge in [-0.2, -0.15) is 0 Å². The predicted molar refractivity (Wildman–Crippen MR) is 79.5 cm³/mol. The standard InChI is InChI=1S/C16H20N2O3/c19-15(8-6-13-4-3-10-17-12-13)18-11-2-1-5-14(18)7-9-16(20)21/h3-4,6,8,10,12,14H,1-2,5,7,9,11H2,(H,20,21)/b8-6+/t14-/m0/s1. The lowest BCUT2D eigenvalue weighted by atomic mass is 9.97. The number of rotatable bonds is 5. The van der Waals surface area contributed by atoms with Crippen molar-refractivity contribution in [1.29, 1.82) is 0 Å². The van der Waals surface area contributed by atoms with Gasteiger partial charge in [0, 0.05) is 37.5 Å². The molecule has 1 aliphatic heterocycles. The van der Waals surface area contributed by atoms with E-state index < -0.39 is 5.97 Å². The summed E-state index contributed by atoms with van der Waals surface area (Å²) in [6, 6.07) is 3.75.